The molecule has 0 N–H and O–H groups in total. The van der Waals surface area contributed by atoms with E-state index in [0.29, 0.717) is 5.82 Å². The first-order valence-corrected chi connectivity index (χ1v) is 6.85. The second-order valence-corrected chi connectivity index (χ2v) is 4.71. The number of aryl methyl sites for hydroxylation is 1. The largest absolute Gasteiger partial charge is 0.458 e. The molecule has 24 heavy (non-hydrogen) atoms. The number of aromatic nitrogens is 2. The Hall–Kier alpha value is -3.10. The quantitative estimate of drug-likeness (QED) is 0.350. The third kappa shape index (κ3) is 4.00. The van der Waals surface area contributed by atoms with E-state index in [2.05, 4.69) is 4.98 Å². The predicted molar refractivity (Wildman–Crippen MR) is 80.0 cm³/mol. The lowest BCUT2D eigenvalue weighted by molar-refractivity contribution is -0.392. The molecule has 0 saturated heterocycles. The molecule has 0 saturated carbocycles. The molecule has 126 valence electrons. The monoisotopic (exact) mass is 337 g/mol. The number of carbonyl (C=O) groups is 1. The van der Waals surface area contributed by atoms with Gasteiger partial charge in [-0.25, -0.2) is 23.1 Å². The minimum Gasteiger partial charge on any atom is -0.458 e. The van der Waals surface area contributed by atoms with E-state index in [-0.39, 0.29) is 24.5 Å². The van der Waals surface area contributed by atoms with Gasteiger partial charge in [-0.1, -0.05) is 6.07 Å². The van der Waals surface area contributed by atoms with Crippen LogP contribution < -0.4 is 0 Å². The van der Waals surface area contributed by atoms with Crippen LogP contribution >= 0.6 is 0 Å². The summed E-state index contributed by atoms with van der Waals surface area (Å²) < 4.78 is 32.9. The zero-order valence-electron chi connectivity index (χ0n) is 12.6. The molecule has 0 aliphatic heterocycles. The number of ether oxygens (including phenoxy) is 1. The number of imidazole rings is 1. The highest BCUT2D eigenvalue weighted by atomic mass is 19.1. The number of carbonyl (C=O) groups excluding carboxylic acids is 1. The molecule has 2 aromatic rings. The Bertz CT molecular complexity index is 782. The molecule has 1 heterocycles. The molecular weight excluding hydrogens is 324 g/mol. The van der Waals surface area contributed by atoms with Crippen LogP contribution in [0.25, 0.3) is 6.08 Å². The van der Waals surface area contributed by atoms with Crippen molar-refractivity contribution >= 4 is 17.9 Å². The van der Waals surface area contributed by atoms with E-state index in [1.165, 1.54) is 10.6 Å². The van der Waals surface area contributed by atoms with Crippen LogP contribution in [0, 0.1) is 28.7 Å². The Morgan fingerprint density at radius 3 is 2.71 bits per heavy atom. The van der Waals surface area contributed by atoms with Gasteiger partial charge in [-0.15, -0.1) is 0 Å². The lowest BCUT2D eigenvalue weighted by atomic mass is 10.2. The van der Waals surface area contributed by atoms with E-state index >= 15 is 0 Å². The highest BCUT2D eigenvalue weighted by molar-refractivity contribution is 5.87. The molecule has 0 bridgehead atoms. The SMILES string of the molecule is Cc1ncc([N+](=O)[O-])n1CCOC(=O)/C=C/c1c(F)cccc1F. The number of halogens is 2. The molecule has 2 rings (SSSR count). The number of hydrogen-bond donors (Lipinski definition) is 0. The number of rotatable bonds is 6. The standard InChI is InChI=1S/C15H13F2N3O4/c1-10-18-9-14(20(22)23)19(10)7-8-24-15(21)6-5-11-12(16)3-2-4-13(11)17/h2-6,9H,7-8H2,1H3/b6-5+. The van der Waals surface area contributed by atoms with E-state index in [0.717, 1.165) is 30.5 Å². The summed E-state index contributed by atoms with van der Waals surface area (Å²) in [6, 6.07) is 3.34. The van der Waals surface area contributed by atoms with Crippen molar-refractivity contribution < 1.29 is 23.2 Å². The first-order valence-electron chi connectivity index (χ1n) is 6.85. The average molecular weight is 337 g/mol. The Labute approximate surface area is 135 Å². The molecular formula is C15H13F2N3O4. The summed E-state index contributed by atoms with van der Waals surface area (Å²) >= 11 is 0. The van der Waals surface area contributed by atoms with Crippen LogP contribution in [-0.4, -0.2) is 27.1 Å². The molecule has 0 spiro atoms. The summed E-state index contributed by atoms with van der Waals surface area (Å²) in [6.07, 6.45) is 2.96. The van der Waals surface area contributed by atoms with Crippen molar-refractivity contribution in [1.82, 2.24) is 9.55 Å². The minimum absolute atomic E-state index is 0.0375. The zero-order valence-corrected chi connectivity index (χ0v) is 12.6. The van der Waals surface area contributed by atoms with Crippen LogP contribution in [0.4, 0.5) is 14.6 Å². The molecule has 0 aliphatic carbocycles. The summed E-state index contributed by atoms with van der Waals surface area (Å²) in [5.41, 5.74) is -0.351. The van der Waals surface area contributed by atoms with Crippen molar-refractivity contribution in [3.63, 3.8) is 0 Å². The van der Waals surface area contributed by atoms with Crippen molar-refractivity contribution in [1.29, 1.82) is 0 Å². The van der Waals surface area contributed by atoms with Gasteiger partial charge in [0, 0.05) is 18.6 Å². The van der Waals surface area contributed by atoms with E-state index in [1.54, 1.807) is 6.92 Å². The maximum absolute atomic E-state index is 13.4. The maximum atomic E-state index is 13.4. The number of esters is 1. The predicted octanol–water partition coefficient (Wildman–Crippen LogP) is 2.63. The molecule has 0 unspecified atom stereocenters. The molecule has 1 aromatic carbocycles. The highest BCUT2D eigenvalue weighted by Gasteiger charge is 2.17. The van der Waals surface area contributed by atoms with Gasteiger partial charge in [-0.3, -0.25) is 0 Å². The zero-order chi connectivity index (χ0) is 17.7. The van der Waals surface area contributed by atoms with Crippen LogP contribution in [0.1, 0.15) is 11.4 Å². The van der Waals surface area contributed by atoms with E-state index in [4.69, 9.17) is 4.74 Å². The topological polar surface area (TPSA) is 87.3 Å². The smallest absolute Gasteiger partial charge is 0.342 e. The molecule has 0 fully saturated rings. The van der Waals surface area contributed by atoms with Crippen LogP contribution in [0.2, 0.25) is 0 Å². The third-order valence-electron chi connectivity index (χ3n) is 3.17. The maximum Gasteiger partial charge on any atom is 0.342 e. The molecule has 1 aromatic heterocycles. The van der Waals surface area contributed by atoms with Crippen LogP contribution in [-0.2, 0) is 16.1 Å². The Balaban J connectivity index is 1.94. The van der Waals surface area contributed by atoms with Gasteiger partial charge < -0.3 is 14.9 Å². The number of nitrogens with zero attached hydrogens (tertiary/aromatic N) is 3. The summed E-state index contributed by atoms with van der Waals surface area (Å²) in [5, 5.41) is 10.8. The second kappa shape index (κ2) is 7.44. The van der Waals surface area contributed by atoms with Crippen molar-refractivity contribution in [2.45, 2.75) is 13.5 Å². The van der Waals surface area contributed by atoms with Crippen molar-refractivity contribution in [2.24, 2.45) is 0 Å². The van der Waals surface area contributed by atoms with E-state index in [9.17, 15) is 23.7 Å². The first-order chi connectivity index (χ1) is 11.4. The molecule has 0 aliphatic rings. The fraction of sp³-hybridized carbons (Fsp3) is 0.200. The average Bonchev–Trinajstić information content (AvgIpc) is 2.88. The summed E-state index contributed by atoms with van der Waals surface area (Å²) in [6.45, 7) is 1.46. The summed E-state index contributed by atoms with van der Waals surface area (Å²) in [4.78, 5) is 25.6. The van der Waals surface area contributed by atoms with Crippen molar-refractivity contribution in [3.05, 3.63) is 63.6 Å². The Morgan fingerprint density at radius 1 is 1.42 bits per heavy atom. The van der Waals surface area contributed by atoms with E-state index in [1.807, 2.05) is 0 Å². The van der Waals surface area contributed by atoms with Gasteiger partial charge in [0.05, 0.1) is 0 Å². The first kappa shape index (κ1) is 17.3. The molecule has 0 atom stereocenters. The molecule has 7 nitrogen and oxygen atoms in total. The number of hydrogen-bond acceptors (Lipinski definition) is 5. The molecule has 0 amide bonds. The van der Waals surface area contributed by atoms with Gasteiger partial charge >= 0.3 is 11.8 Å². The summed E-state index contributed by atoms with van der Waals surface area (Å²) in [7, 11) is 0. The fourth-order valence-corrected chi connectivity index (χ4v) is 1.99. The van der Waals surface area contributed by atoms with Gasteiger partial charge in [0.1, 0.15) is 31.0 Å². The highest BCUT2D eigenvalue weighted by Crippen LogP contribution is 2.14. The molecule has 9 heteroatoms. The van der Waals surface area contributed by atoms with E-state index < -0.39 is 22.5 Å². The Morgan fingerprint density at radius 2 is 2.08 bits per heavy atom. The van der Waals surface area contributed by atoms with Gasteiger partial charge in [-0.2, -0.15) is 0 Å². The van der Waals surface area contributed by atoms with Gasteiger partial charge in [0.2, 0.25) is 0 Å². The molecule has 0 radical (unpaired) electrons. The normalized spacial score (nSPS) is 11.0. The second-order valence-electron chi connectivity index (χ2n) is 4.71. The lowest BCUT2D eigenvalue weighted by Gasteiger charge is -2.03. The van der Waals surface area contributed by atoms with Gasteiger partial charge in [0.25, 0.3) is 0 Å². The Kier molecular flexibility index (Phi) is 5.35. The van der Waals surface area contributed by atoms with Crippen molar-refractivity contribution in [3.8, 4) is 0 Å². The fourth-order valence-electron chi connectivity index (χ4n) is 1.99. The van der Waals surface area contributed by atoms with Crippen LogP contribution in [0.15, 0.2) is 30.5 Å². The third-order valence-corrected chi connectivity index (χ3v) is 3.17. The van der Waals surface area contributed by atoms with Gasteiger partial charge in [0.15, 0.2) is 5.82 Å². The minimum atomic E-state index is -0.821. The van der Waals surface area contributed by atoms with Crippen LogP contribution in [0.5, 0.6) is 0 Å². The van der Waals surface area contributed by atoms with Crippen LogP contribution in [0.3, 0.4) is 0 Å². The number of nitro groups is 1. The van der Waals surface area contributed by atoms with Crippen molar-refractivity contribution in [2.75, 3.05) is 6.61 Å². The number of benzene rings is 1. The summed E-state index contributed by atoms with van der Waals surface area (Å²) in [5.74, 6) is -2.24. The lowest BCUT2D eigenvalue weighted by Crippen LogP contribution is -2.12. The van der Waals surface area contributed by atoms with Gasteiger partial charge in [-0.05, 0) is 23.1 Å².